The Bertz CT molecular complexity index is 389. The molecule has 0 aliphatic carbocycles. The summed E-state index contributed by atoms with van der Waals surface area (Å²) < 4.78 is 5.44. The molecular weight excluding hydrogens is 299 g/mol. The molecule has 0 aliphatic rings. The van der Waals surface area contributed by atoms with Gasteiger partial charge >= 0.3 is 0 Å². The van der Waals surface area contributed by atoms with E-state index in [1.54, 1.807) is 12.1 Å². The summed E-state index contributed by atoms with van der Waals surface area (Å²) in [6.07, 6.45) is 1.43. The highest BCUT2D eigenvalue weighted by atomic mass is 35.5. The van der Waals surface area contributed by atoms with E-state index < -0.39 is 0 Å². The van der Waals surface area contributed by atoms with Crippen molar-refractivity contribution in [3.63, 3.8) is 0 Å². The molecule has 0 aliphatic heterocycles. The second kappa shape index (κ2) is 11.8. The van der Waals surface area contributed by atoms with Gasteiger partial charge in [0.05, 0.1) is 18.1 Å². The lowest BCUT2D eigenvalue weighted by atomic mass is 10.3. The zero-order valence-electron chi connectivity index (χ0n) is 11.7. The zero-order chi connectivity index (χ0) is 13.9. The largest absolute Gasteiger partial charge is 0.491 e. The highest BCUT2D eigenvalue weighted by molar-refractivity contribution is 6.32. The molecule has 0 atom stereocenters. The van der Waals surface area contributed by atoms with E-state index in [1.165, 1.54) is 0 Å². The van der Waals surface area contributed by atoms with Gasteiger partial charge in [-0.05, 0) is 25.1 Å². The lowest BCUT2D eigenvalue weighted by Crippen LogP contribution is -2.32. The molecular formula is C14H22Cl2N2O2. The molecule has 2 N–H and O–H groups in total. The number of para-hydroxylation sites is 1. The Morgan fingerprint density at radius 1 is 1.25 bits per heavy atom. The average Bonchev–Trinajstić information content (AvgIpc) is 2.41. The van der Waals surface area contributed by atoms with Crippen LogP contribution in [0.25, 0.3) is 0 Å². The third-order valence-corrected chi connectivity index (χ3v) is 2.79. The fourth-order valence-corrected chi connectivity index (χ4v) is 1.69. The average molecular weight is 321 g/mol. The van der Waals surface area contributed by atoms with Crippen molar-refractivity contribution < 1.29 is 9.53 Å². The first-order valence-electron chi connectivity index (χ1n) is 6.58. The second-order valence-corrected chi connectivity index (χ2v) is 4.54. The van der Waals surface area contributed by atoms with Gasteiger partial charge in [0, 0.05) is 13.1 Å². The van der Waals surface area contributed by atoms with Crippen LogP contribution in [0.1, 0.15) is 19.8 Å². The van der Waals surface area contributed by atoms with Crippen molar-refractivity contribution in [2.24, 2.45) is 0 Å². The Morgan fingerprint density at radius 3 is 2.70 bits per heavy atom. The molecule has 0 bridgehead atoms. The summed E-state index contributed by atoms with van der Waals surface area (Å²) in [4.78, 5) is 11.5. The predicted molar refractivity (Wildman–Crippen MR) is 85.0 cm³/mol. The van der Waals surface area contributed by atoms with Crippen molar-refractivity contribution in [2.75, 3.05) is 26.2 Å². The monoisotopic (exact) mass is 320 g/mol. The molecule has 6 heteroatoms. The Hall–Kier alpha value is -0.970. The topological polar surface area (TPSA) is 50.4 Å². The van der Waals surface area contributed by atoms with Gasteiger partial charge in [-0.25, -0.2) is 0 Å². The maximum atomic E-state index is 11.5. The van der Waals surface area contributed by atoms with Crippen LogP contribution in [0, 0.1) is 0 Å². The standard InChI is InChI=1S/C14H21ClN2O2.ClH/c1-2-8-16-9-10-17-14(18)7-11-19-13-6-4-3-5-12(13)15;/h3-6,16H,2,7-11H2,1H3,(H,17,18);1H. The normalized spacial score (nSPS) is 9.70. The number of rotatable bonds is 9. The van der Waals surface area contributed by atoms with E-state index in [-0.39, 0.29) is 18.3 Å². The van der Waals surface area contributed by atoms with Gasteiger partial charge in [0.2, 0.25) is 5.91 Å². The Kier molecular flexibility index (Phi) is 11.3. The maximum Gasteiger partial charge on any atom is 0.223 e. The number of halogens is 2. The molecule has 20 heavy (non-hydrogen) atoms. The Morgan fingerprint density at radius 2 is 2.00 bits per heavy atom. The summed E-state index contributed by atoms with van der Waals surface area (Å²) in [5.41, 5.74) is 0. The van der Waals surface area contributed by atoms with Crippen LogP contribution in [0.5, 0.6) is 5.75 Å². The number of carbonyl (C=O) groups excluding carboxylic acids is 1. The van der Waals surface area contributed by atoms with E-state index in [1.807, 2.05) is 12.1 Å². The van der Waals surface area contributed by atoms with Crippen LogP contribution in [0.3, 0.4) is 0 Å². The van der Waals surface area contributed by atoms with Gasteiger partial charge in [-0.2, -0.15) is 0 Å². The minimum Gasteiger partial charge on any atom is -0.491 e. The molecule has 0 saturated carbocycles. The number of amides is 1. The fraction of sp³-hybridized carbons (Fsp3) is 0.500. The van der Waals surface area contributed by atoms with Crippen LogP contribution in [-0.2, 0) is 4.79 Å². The van der Waals surface area contributed by atoms with Gasteiger partial charge in [-0.15, -0.1) is 12.4 Å². The zero-order valence-corrected chi connectivity index (χ0v) is 13.2. The SMILES string of the molecule is CCCNCCNC(=O)CCOc1ccccc1Cl.Cl. The molecule has 0 unspecified atom stereocenters. The molecule has 0 spiro atoms. The van der Waals surface area contributed by atoms with Gasteiger partial charge in [-0.3, -0.25) is 4.79 Å². The molecule has 0 saturated heterocycles. The lowest BCUT2D eigenvalue weighted by Gasteiger charge is -2.08. The molecule has 0 heterocycles. The molecule has 1 aromatic carbocycles. The Labute approximate surface area is 131 Å². The first-order chi connectivity index (χ1) is 9.24. The number of benzene rings is 1. The van der Waals surface area contributed by atoms with Crippen molar-refractivity contribution in [1.82, 2.24) is 10.6 Å². The first kappa shape index (κ1) is 19.0. The molecule has 0 radical (unpaired) electrons. The number of nitrogens with one attached hydrogen (secondary N) is 2. The fourth-order valence-electron chi connectivity index (χ4n) is 1.50. The number of hydrogen-bond acceptors (Lipinski definition) is 3. The molecule has 0 fully saturated rings. The second-order valence-electron chi connectivity index (χ2n) is 4.13. The summed E-state index contributed by atoms with van der Waals surface area (Å²) in [6, 6.07) is 7.23. The van der Waals surface area contributed by atoms with Crippen molar-refractivity contribution in [3.05, 3.63) is 29.3 Å². The number of carbonyl (C=O) groups is 1. The third-order valence-electron chi connectivity index (χ3n) is 2.47. The van der Waals surface area contributed by atoms with Crippen LogP contribution < -0.4 is 15.4 Å². The van der Waals surface area contributed by atoms with Crippen molar-refractivity contribution in [1.29, 1.82) is 0 Å². The summed E-state index contributed by atoms with van der Waals surface area (Å²) in [7, 11) is 0. The van der Waals surface area contributed by atoms with Crippen LogP contribution in [0.15, 0.2) is 24.3 Å². The summed E-state index contributed by atoms with van der Waals surface area (Å²) >= 11 is 5.94. The number of hydrogen-bond donors (Lipinski definition) is 2. The van der Waals surface area contributed by atoms with E-state index in [2.05, 4.69) is 17.6 Å². The summed E-state index contributed by atoms with van der Waals surface area (Å²) in [5, 5.41) is 6.61. The van der Waals surface area contributed by atoms with Crippen molar-refractivity contribution >= 4 is 29.9 Å². The lowest BCUT2D eigenvalue weighted by molar-refractivity contribution is -0.121. The van der Waals surface area contributed by atoms with Gasteiger partial charge in [0.25, 0.3) is 0 Å². The smallest absolute Gasteiger partial charge is 0.223 e. The molecule has 1 amide bonds. The minimum absolute atomic E-state index is 0. The van der Waals surface area contributed by atoms with Gasteiger partial charge in [0.1, 0.15) is 5.75 Å². The minimum atomic E-state index is -0.00893. The van der Waals surface area contributed by atoms with E-state index in [0.29, 0.717) is 30.3 Å². The van der Waals surface area contributed by atoms with E-state index in [0.717, 1.165) is 19.5 Å². The molecule has 114 valence electrons. The highest BCUT2D eigenvalue weighted by Gasteiger charge is 2.03. The van der Waals surface area contributed by atoms with Crippen molar-refractivity contribution in [3.8, 4) is 5.75 Å². The van der Waals surface area contributed by atoms with Crippen molar-refractivity contribution in [2.45, 2.75) is 19.8 Å². The van der Waals surface area contributed by atoms with Crippen LogP contribution in [-0.4, -0.2) is 32.1 Å². The molecule has 1 aromatic rings. The van der Waals surface area contributed by atoms with Gasteiger partial charge in [-0.1, -0.05) is 30.7 Å². The molecule has 0 aromatic heterocycles. The first-order valence-corrected chi connectivity index (χ1v) is 6.96. The highest BCUT2D eigenvalue weighted by Crippen LogP contribution is 2.22. The third kappa shape index (κ3) is 8.25. The Balaban J connectivity index is 0.00000361. The summed E-state index contributed by atoms with van der Waals surface area (Å²) in [6.45, 7) is 4.86. The summed E-state index contributed by atoms with van der Waals surface area (Å²) in [5.74, 6) is 0.604. The predicted octanol–water partition coefficient (Wildman–Crippen LogP) is 2.65. The molecule has 4 nitrogen and oxygen atoms in total. The molecule has 1 rings (SSSR count). The maximum absolute atomic E-state index is 11.5. The van der Waals surface area contributed by atoms with E-state index in [9.17, 15) is 4.79 Å². The van der Waals surface area contributed by atoms with Gasteiger partial charge in [0.15, 0.2) is 0 Å². The van der Waals surface area contributed by atoms with Crippen LogP contribution in [0.4, 0.5) is 0 Å². The van der Waals surface area contributed by atoms with E-state index >= 15 is 0 Å². The van der Waals surface area contributed by atoms with Gasteiger partial charge < -0.3 is 15.4 Å². The van der Waals surface area contributed by atoms with Crippen LogP contribution >= 0.6 is 24.0 Å². The van der Waals surface area contributed by atoms with E-state index in [4.69, 9.17) is 16.3 Å². The quantitative estimate of drug-likeness (QED) is 0.688. The number of ether oxygens (including phenoxy) is 1. The van der Waals surface area contributed by atoms with Crippen LogP contribution in [0.2, 0.25) is 5.02 Å².